The van der Waals surface area contributed by atoms with Gasteiger partial charge in [-0.05, 0) is 17.7 Å². The highest BCUT2D eigenvalue weighted by Gasteiger charge is 2.11. The number of hydrogen-bond donors (Lipinski definition) is 0. The van der Waals surface area contributed by atoms with E-state index in [-0.39, 0.29) is 17.4 Å². The lowest BCUT2D eigenvalue weighted by molar-refractivity contribution is -0.132. The van der Waals surface area contributed by atoms with E-state index in [1.54, 1.807) is 19.1 Å². The minimum atomic E-state index is -0.553. The third-order valence-corrected chi connectivity index (χ3v) is 2.23. The van der Waals surface area contributed by atoms with Crippen LogP contribution in [0.4, 0.5) is 4.39 Å². The summed E-state index contributed by atoms with van der Waals surface area (Å²) in [4.78, 5) is 21.8. The summed E-state index contributed by atoms with van der Waals surface area (Å²) in [5.74, 6) is -0.884. The van der Waals surface area contributed by atoms with Crippen molar-refractivity contribution in [3.8, 4) is 11.5 Å². The van der Waals surface area contributed by atoms with Gasteiger partial charge in [0.15, 0.2) is 0 Å². The Labute approximate surface area is 105 Å². The molecule has 5 heteroatoms. The van der Waals surface area contributed by atoms with E-state index in [0.717, 1.165) is 0 Å². The van der Waals surface area contributed by atoms with Crippen molar-refractivity contribution in [1.29, 1.82) is 0 Å². The summed E-state index contributed by atoms with van der Waals surface area (Å²) in [6.07, 6.45) is 0. The Morgan fingerprint density at radius 2 is 1.56 bits per heavy atom. The second-order valence-electron chi connectivity index (χ2n) is 3.98. The van der Waals surface area contributed by atoms with Crippen molar-refractivity contribution in [2.75, 3.05) is 6.67 Å². The van der Waals surface area contributed by atoms with Gasteiger partial charge in [0.25, 0.3) is 0 Å². The minimum Gasteiger partial charge on any atom is -0.427 e. The molecule has 0 N–H and O–H groups in total. The third-order valence-electron chi connectivity index (χ3n) is 2.23. The molecular formula is C13H15FO4. The van der Waals surface area contributed by atoms with Gasteiger partial charge in [0, 0.05) is 25.8 Å². The Balaban J connectivity index is 3.10. The number of hydrogen-bond acceptors (Lipinski definition) is 4. The van der Waals surface area contributed by atoms with Crippen LogP contribution >= 0.6 is 0 Å². The van der Waals surface area contributed by atoms with Crippen LogP contribution in [-0.2, 0) is 9.59 Å². The van der Waals surface area contributed by atoms with E-state index in [1.165, 1.54) is 19.9 Å². The standard InChI is InChI=1S/C13H15FO4/c1-8(7-14)11-4-12(17-9(2)15)6-13(5-11)18-10(3)16/h4-6,8H,7H2,1-3H3. The van der Waals surface area contributed by atoms with Gasteiger partial charge in [-0.25, -0.2) is 0 Å². The Bertz CT molecular complexity index is 422. The van der Waals surface area contributed by atoms with E-state index in [1.807, 2.05) is 0 Å². The van der Waals surface area contributed by atoms with Gasteiger partial charge in [0.05, 0.1) is 6.67 Å². The molecule has 1 aromatic carbocycles. The van der Waals surface area contributed by atoms with Crippen LogP contribution in [0.2, 0.25) is 0 Å². The van der Waals surface area contributed by atoms with Crippen molar-refractivity contribution < 1.29 is 23.5 Å². The Hall–Kier alpha value is -1.91. The highest BCUT2D eigenvalue weighted by Crippen LogP contribution is 2.28. The quantitative estimate of drug-likeness (QED) is 0.612. The second kappa shape index (κ2) is 6.14. The number of rotatable bonds is 4. The lowest BCUT2D eigenvalue weighted by atomic mass is 10.0. The summed E-state index contributed by atoms with van der Waals surface area (Å²) in [5, 5.41) is 0. The van der Waals surface area contributed by atoms with Crippen LogP contribution in [0.5, 0.6) is 11.5 Å². The molecule has 0 fully saturated rings. The molecule has 0 radical (unpaired) electrons. The van der Waals surface area contributed by atoms with Crippen molar-refractivity contribution in [3.63, 3.8) is 0 Å². The van der Waals surface area contributed by atoms with Crippen molar-refractivity contribution >= 4 is 11.9 Å². The lowest BCUT2D eigenvalue weighted by Gasteiger charge is -2.12. The number of carbonyl (C=O) groups is 2. The zero-order chi connectivity index (χ0) is 13.7. The number of ether oxygens (including phenoxy) is 2. The van der Waals surface area contributed by atoms with Gasteiger partial charge in [-0.1, -0.05) is 6.92 Å². The number of carbonyl (C=O) groups excluding carboxylic acids is 2. The van der Waals surface area contributed by atoms with Crippen LogP contribution in [0.15, 0.2) is 18.2 Å². The number of esters is 2. The predicted molar refractivity (Wildman–Crippen MR) is 63.5 cm³/mol. The van der Waals surface area contributed by atoms with Crippen LogP contribution < -0.4 is 9.47 Å². The Kier molecular flexibility index (Phi) is 4.83. The monoisotopic (exact) mass is 254 g/mol. The van der Waals surface area contributed by atoms with Crippen molar-refractivity contribution in [2.45, 2.75) is 26.7 Å². The molecule has 0 saturated heterocycles. The molecule has 0 saturated carbocycles. The topological polar surface area (TPSA) is 52.6 Å². The zero-order valence-electron chi connectivity index (χ0n) is 10.5. The molecule has 1 aromatic rings. The number of alkyl halides is 1. The third kappa shape index (κ3) is 4.16. The maximum Gasteiger partial charge on any atom is 0.308 e. The Morgan fingerprint density at radius 1 is 1.11 bits per heavy atom. The second-order valence-corrected chi connectivity index (χ2v) is 3.98. The predicted octanol–water partition coefficient (Wildman–Crippen LogP) is 2.61. The van der Waals surface area contributed by atoms with Crippen LogP contribution in [0.3, 0.4) is 0 Å². The average Bonchev–Trinajstić information content (AvgIpc) is 2.25. The van der Waals surface area contributed by atoms with E-state index >= 15 is 0 Å². The van der Waals surface area contributed by atoms with Gasteiger partial charge >= 0.3 is 11.9 Å². The fourth-order valence-electron chi connectivity index (χ4n) is 1.42. The summed E-state index contributed by atoms with van der Waals surface area (Å²) in [6, 6.07) is 4.52. The van der Waals surface area contributed by atoms with Crippen LogP contribution in [0.1, 0.15) is 32.3 Å². The van der Waals surface area contributed by atoms with E-state index in [0.29, 0.717) is 5.56 Å². The molecule has 0 heterocycles. The summed E-state index contributed by atoms with van der Waals surface area (Å²) in [7, 11) is 0. The molecule has 0 aliphatic carbocycles. The van der Waals surface area contributed by atoms with E-state index < -0.39 is 18.6 Å². The zero-order valence-corrected chi connectivity index (χ0v) is 10.5. The molecule has 0 aromatic heterocycles. The Morgan fingerprint density at radius 3 is 1.89 bits per heavy atom. The maximum absolute atomic E-state index is 12.6. The van der Waals surface area contributed by atoms with E-state index in [9.17, 15) is 14.0 Å². The van der Waals surface area contributed by atoms with Crippen LogP contribution in [0.25, 0.3) is 0 Å². The first-order valence-corrected chi connectivity index (χ1v) is 5.50. The first-order valence-electron chi connectivity index (χ1n) is 5.50. The molecule has 0 bridgehead atoms. The molecule has 0 aliphatic heterocycles. The van der Waals surface area contributed by atoms with Crippen LogP contribution in [-0.4, -0.2) is 18.6 Å². The molecule has 0 amide bonds. The lowest BCUT2D eigenvalue weighted by Crippen LogP contribution is -2.06. The smallest absolute Gasteiger partial charge is 0.308 e. The SMILES string of the molecule is CC(=O)Oc1cc(OC(C)=O)cc(C(C)CF)c1. The van der Waals surface area contributed by atoms with Crippen LogP contribution in [0, 0.1) is 0 Å². The van der Waals surface area contributed by atoms with Gasteiger partial charge in [-0.2, -0.15) is 0 Å². The summed E-state index contributed by atoms with van der Waals surface area (Å²) in [6.45, 7) is 3.65. The molecule has 1 atom stereocenters. The van der Waals surface area contributed by atoms with E-state index in [4.69, 9.17) is 9.47 Å². The highest BCUT2D eigenvalue weighted by atomic mass is 19.1. The van der Waals surface area contributed by atoms with Gasteiger partial charge in [0.1, 0.15) is 11.5 Å². The summed E-state index contributed by atoms with van der Waals surface area (Å²) >= 11 is 0. The summed E-state index contributed by atoms with van der Waals surface area (Å²) in [5.41, 5.74) is 0.604. The molecule has 0 spiro atoms. The minimum absolute atomic E-state index is 0.233. The van der Waals surface area contributed by atoms with Gasteiger partial charge < -0.3 is 9.47 Å². The molecule has 1 unspecified atom stereocenters. The molecule has 18 heavy (non-hydrogen) atoms. The first kappa shape index (κ1) is 14.2. The largest absolute Gasteiger partial charge is 0.427 e. The van der Waals surface area contributed by atoms with Crippen molar-refractivity contribution in [1.82, 2.24) is 0 Å². The average molecular weight is 254 g/mol. The van der Waals surface area contributed by atoms with Crippen molar-refractivity contribution in [3.05, 3.63) is 23.8 Å². The van der Waals surface area contributed by atoms with Gasteiger partial charge in [0.2, 0.25) is 0 Å². The maximum atomic E-state index is 12.6. The molecule has 4 nitrogen and oxygen atoms in total. The molecule has 0 aliphatic rings. The molecular weight excluding hydrogens is 239 g/mol. The molecule has 98 valence electrons. The number of benzene rings is 1. The van der Waals surface area contributed by atoms with Gasteiger partial charge in [-0.3, -0.25) is 14.0 Å². The fourth-order valence-corrected chi connectivity index (χ4v) is 1.42. The van der Waals surface area contributed by atoms with E-state index in [2.05, 4.69) is 0 Å². The molecule has 1 rings (SSSR count). The first-order chi connectivity index (χ1) is 8.42. The normalized spacial score (nSPS) is 11.8. The van der Waals surface area contributed by atoms with Crippen molar-refractivity contribution in [2.24, 2.45) is 0 Å². The fraction of sp³-hybridized carbons (Fsp3) is 0.385. The van der Waals surface area contributed by atoms with Gasteiger partial charge in [-0.15, -0.1) is 0 Å². The summed E-state index contributed by atoms with van der Waals surface area (Å²) < 4.78 is 22.5. The highest BCUT2D eigenvalue weighted by molar-refractivity contribution is 5.71. The number of halogens is 1.